The van der Waals surface area contributed by atoms with Gasteiger partial charge in [-0.05, 0) is 80.3 Å². The van der Waals surface area contributed by atoms with Gasteiger partial charge < -0.3 is 9.80 Å². The molecule has 3 aromatic rings. The Labute approximate surface area is 315 Å². The lowest BCUT2D eigenvalue weighted by atomic mass is 9.80. The van der Waals surface area contributed by atoms with Crippen molar-refractivity contribution in [2.75, 3.05) is 24.5 Å². The number of allylic oxidation sites excluding steroid dienone is 11. The van der Waals surface area contributed by atoms with Gasteiger partial charge in [0.2, 0.25) is 17.1 Å². The van der Waals surface area contributed by atoms with Crippen LogP contribution in [0.3, 0.4) is 0 Å². The Kier molecular flexibility index (Phi) is 10.8. The van der Waals surface area contributed by atoms with Crippen molar-refractivity contribution in [3.8, 4) is 0 Å². The van der Waals surface area contributed by atoms with Crippen LogP contribution in [0.25, 0.3) is 0 Å². The van der Waals surface area contributed by atoms with E-state index in [9.17, 15) is 0 Å². The molecule has 0 aromatic heterocycles. The largest absolute Gasteiger partial charge is 0.371 e. The van der Waals surface area contributed by atoms with Gasteiger partial charge in [-0.25, -0.2) is 0 Å². The van der Waals surface area contributed by atoms with Crippen LogP contribution >= 0.6 is 23.2 Å². The van der Waals surface area contributed by atoms with E-state index in [2.05, 4.69) is 166 Å². The summed E-state index contributed by atoms with van der Waals surface area (Å²) in [6.45, 7) is 20.6. The van der Waals surface area contributed by atoms with Crippen molar-refractivity contribution in [2.24, 2.45) is 5.41 Å². The molecule has 51 heavy (non-hydrogen) atoms. The van der Waals surface area contributed by atoms with Gasteiger partial charge in [-0.3, -0.25) is 0 Å². The van der Waals surface area contributed by atoms with E-state index >= 15 is 0 Å². The van der Waals surface area contributed by atoms with E-state index in [0.29, 0.717) is 5.03 Å². The van der Waals surface area contributed by atoms with Crippen molar-refractivity contribution in [3.63, 3.8) is 0 Å². The molecule has 5 heteroatoms. The summed E-state index contributed by atoms with van der Waals surface area (Å²) >= 11 is 13.1. The Morgan fingerprint density at radius 3 is 1.90 bits per heavy atom. The highest BCUT2D eigenvalue weighted by Gasteiger charge is 2.40. The van der Waals surface area contributed by atoms with Gasteiger partial charge in [0.15, 0.2) is 0 Å². The maximum Gasteiger partial charge on any atom is 0.218 e. The number of nitrogens with zero attached hydrogens (tertiary/aromatic N) is 3. The van der Waals surface area contributed by atoms with Crippen LogP contribution < -0.4 is 9.48 Å². The average molecular weight is 716 g/mol. The molecule has 0 bridgehead atoms. The minimum Gasteiger partial charge on any atom is -0.371 e. The minimum absolute atomic E-state index is 0.187. The molecular formula is C46H50Cl2N3+. The smallest absolute Gasteiger partial charge is 0.218 e. The molecule has 0 saturated heterocycles. The summed E-state index contributed by atoms with van der Waals surface area (Å²) in [6, 6.07) is 27.8. The first-order valence-electron chi connectivity index (χ1n) is 18.1. The zero-order valence-corrected chi connectivity index (χ0v) is 32.4. The molecule has 6 rings (SSSR count). The van der Waals surface area contributed by atoms with Crippen LogP contribution in [0.5, 0.6) is 0 Å². The van der Waals surface area contributed by atoms with Crippen LogP contribution in [0.15, 0.2) is 161 Å². The molecule has 2 heterocycles. The highest BCUT2D eigenvalue weighted by molar-refractivity contribution is 6.31. The van der Waals surface area contributed by atoms with Gasteiger partial charge in [0.25, 0.3) is 0 Å². The Hall–Kier alpha value is -4.31. The van der Waals surface area contributed by atoms with E-state index in [1.165, 1.54) is 39.5 Å². The molecule has 0 atom stereocenters. The third-order valence-corrected chi connectivity index (χ3v) is 11.1. The van der Waals surface area contributed by atoms with Crippen molar-refractivity contribution in [1.29, 1.82) is 0 Å². The summed E-state index contributed by atoms with van der Waals surface area (Å²) in [5.41, 5.74) is 11.6. The van der Waals surface area contributed by atoms with Crippen molar-refractivity contribution < 1.29 is 0 Å². The Bertz CT molecular complexity index is 1980. The number of fused-ring (bicyclic) bond motifs is 1. The lowest BCUT2D eigenvalue weighted by Crippen LogP contribution is -2.32. The monoisotopic (exact) mass is 714 g/mol. The Morgan fingerprint density at radius 2 is 1.33 bits per heavy atom. The second-order valence-electron chi connectivity index (χ2n) is 14.5. The summed E-state index contributed by atoms with van der Waals surface area (Å²) in [7, 11) is 0. The van der Waals surface area contributed by atoms with Crippen molar-refractivity contribution >= 4 is 46.0 Å². The van der Waals surface area contributed by atoms with E-state index < -0.39 is 0 Å². The number of anilines is 1. The van der Waals surface area contributed by atoms with Crippen molar-refractivity contribution in [2.45, 2.75) is 59.8 Å². The molecule has 2 aliphatic heterocycles. The number of hydrogen-bond acceptors (Lipinski definition) is 2. The molecule has 3 nitrogen and oxygen atoms in total. The van der Waals surface area contributed by atoms with Gasteiger partial charge in [-0.2, -0.15) is 4.58 Å². The van der Waals surface area contributed by atoms with Crippen molar-refractivity contribution in [1.82, 2.24) is 9.48 Å². The van der Waals surface area contributed by atoms with Gasteiger partial charge in [-0.1, -0.05) is 112 Å². The van der Waals surface area contributed by atoms with Gasteiger partial charge in [-0.15, -0.1) is 0 Å². The number of halogens is 2. The molecule has 0 N–H and O–H groups in total. The van der Waals surface area contributed by atoms with Crippen LogP contribution in [0.4, 0.5) is 17.1 Å². The number of hydrogen-bond donors (Lipinski definition) is 0. The summed E-state index contributed by atoms with van der Waals surface area (Å²) in [5.74, 6) is 0. The van der Waals surface area contributed by atoms with E-state index in [-0.39, 0.29) is 10.8 Å². The fraction of sp³-hybridized carbons (Fsp3) is 0.283. The van der Waals surface area contributed by atoms with Gasteiger partial charge >= 0.3 is 0 Å². The topological polar surface area (TPSA) is 9.49 Å². The molecule has 0 amide bonds. The highest BCUT2D eigenvalue weighted by atomic mass is 35.5. The molecular weight excluding hydrogens is 665 g/mol. The van der Waals surface area contributed by atoms with E-state index in [1.807, 2.05) is 18.2 Å². The number of likely N-dealkylation sites (N-methyl/N-ethyl adjacent to an activating group) is 2. The van der Waals surface area contributed by atoms with Crippen LogP contribution in [0.1, 0.15) is 59.9 Å². The van der Waals surface area contributed by atoms with Gasteiger partial charge in [0, 0.05) is 93.0 Å². The average Bonchev–Trinajstić information content (AvgIpc) is 3.61. The predicted molar refractivity (Wildman–Crippen MR) is 222 cm³/mol. The zero-order chi connectivity index (χ0) is 36.3. The van der Waals surface area contributed by atoms with Crippen LogP contribution in [0, 0.1) is 5.41 Å². The standard InChI is InChI=1S/C46H50Cl2N3/c1-8-49-30-16-17-36(47)31-33(3)45(4,5)42(49)28-24-34-22-23-35(44(34)51(38-18-12-10-13-19-38)39-20-14-11-15-21-39)25-29-43-46(6,7)40-32-37(48)26-27-41(40)50(43)9-2/h10-21,24-29,31-32H,3,8-9,22-23,30H2,1-2,4-7H3/q+1/b17-16-,36-31+. The third-order valence-electron chi connectivity index (χ3n) is 10.7. The third kappa shape index (κ3) is 7.25. The Morgan fingerprint density at radius 1 is 0.745 bits per heavy atom. The summed E-state index contributed by atoms with van der Waals surface area (Å²) < 4.78 is 2.43. The maximum atomic E-state index is 6.57. The molecule has 0 radical (unpaired) electrons. The number of rotatable bonds is 6. The van der Waals surface area contributed by atoms with Crippen LogP contribution in [0.2, 0.25) is 5.02 Å². The lowest BCUT2D eigenvalue weighted by Gasteiger charge is -2.37. The second-order valence-corrected chi connectivity index (χ2v) is 15.4. The van der Waals surface area contributed by atoms with E-state index in [4.69, 9.17) is 23.2 Å². The zero-order valence-electron chi connectivity index (χ0n) is 30.9. The maximum absolute atomic E-state index is 6.57. The lowest BCUT2D eigenvalue weighted by molar-refractivity contribution is 0.315. The molecule has 3 aliphatic rings. The normalized spacial score (nSPS) is 23.3. The van der Waals surface area contributed by atoms with Gasteiger partial charge in [0.1, 0.15) is 0 Å². The summed E-state index contributed by atoms with van der Waals surface area (Å²) in [5, 5.41) is 1.48. The summed E-state index contributed by atoms with van der Waals surface area (Å²) in [6.07, 6.45) is 17.4. The number of benzene rings is 3. The van der Waals surface area contributed by atoms with Gasteiger partial charge in [0.05, 0.1) is 0 Å². The fourth-order valence-electron chi connectivity index (χ4n) is 7.69. The molecule has 1 aliphatic carbocycles. The molecule has 0 spiro atoms. The highest BCUT2D eigenvalue weighted by Crippen LogP contribution is 2.48. The first-order valence-corrected chi connectivity index (χ1v) is 18.9. The number of para-hydroxylation sites is 2. The van der Waals surface area contributed by atoms with E-state index in [1.54, 1.807) is 0 Å². The first kappa shape index (κ1) is 36.5. The fourth-order valence-corrected chi connectivity index (χ4v) is 8.08. The van der Waals surface area contributed by atoms with Crippen molar-refractivity contribution in [3.05, 3.63) is 172 Å². The Balaban J connectivity index is 1.57. The van der Waals surface area contributed by atoms with Crippen LogP contribution in [-0.4, -0.2) is 30.2 Å². The predicted octanol–water partition coefficient (Wildman–Crippen LogP) is 12.4. The minimum atomic E-state index is -0.324. The molecule has 3 aromatic carbocycles. The molecule has 0 unspecified atom stereocenters. The molecule has 1 saturated carbocycles. The SMILES string of the molecule is C=C1/C=C(Cl)\C=C/CN(CC)/C(=C/C=C2\CCC(=CC=C3N(CC)c4ccc(Cl)cc4C3(C)C)C2=[N+](c2ccccc2)c2ccccc2)C1(C)C. The molecule has 262 valence electrons. The second kappa shape index (κ2) is 15.1. The summed E-state index contributed by atoms with van der Waals surface area (Å²) in [4.78, 5) is 4.86. The van der Waals surface area contributed by atoms with Crippen LogP contribution in [-0.2, 0) is 5.41 Å². The first-order chi connectivity index (χ1) is 24.5. The van der Waals surface area contributed by atoms with E-state index in [0.717, 1.165) is 54.4 Å². The molecule has 1 fully saturated rings. The quantitative estimate of drug-likeness (QED) is 0.235.